The Morgan fingerprint density at radius 1 is 1.27 bits per heavy atom. The summed E-state index contributed by atoms with van der Waals surface area (Å²) in [6.07, 6.45) is 4.05. The maximum absolute atomic E-state index is 13.1. The molecule has 0 spiro atoms. The molecule has 2 N–H and O–H groups in total. The van der Waals surface area contributed by atoms with Crippen LogP contribution in [0.5, 0.6) is 0 Å². The number of nitrogens with zero attached hydrogens (tertiary/aromatic N) is 1. The minimum absolute atomic E-state index is 0.121. The van der Waals surface area contributed by atoms with Gasteiger partial charge in [0.2, 0.25) is 5.91 Å². The number of amides is 1. The van der Waals surface area contributed by atoms with Gasteiger partial charge in [-0.25, -0.2) is 9.37 Å². The number of pyridine rings is 1. The Hall–Kier alpha value is -2.43. The summed E-state index contributed by atoms with van der Waals surface area (Å²) in [5.74, 6) is -0.0711. The fourth-order valence-electron chi connectivity index (χ4n) is 2.00. The summed E-state index contributed by atoms with van der Waals surface area (Å²) < 4.78 is 13.1. The van der Waals surface area contributed by atoms with Gasteiger partial charge in [0, 0.05) is 6.54 Å². The molecule has 0 fully saturated rings. The lowest BCUT2D eigenvalue weighted by molar-refractivity contribution is -0.115. The van der Waals surface area contributed by atoms with Crippen molar-refractivity contribution < 1.29 is 9.18 Å². The first kappa shape index (κ1) is 15.9. The van der Waals surface area contributed by atoms with E-state index in [1.165, 1.54) is 12.1 Å². The number of nitrogens with one attached hydrogen (secondary N) is 2. The zero-order valence-electron chi connectivity index (χ0n) is 12.6. The third-order valence-electron chi connectivity index (χ3n) is 3.14. The number of carbonyl (C=O) groups excluding carboxylic acids is 1. The van der Waals surface area contributed by atoms with E-state index in [2.05, 4.69) is 22.5 Å². The van der Waals surface area contributed by atoms with Gasteiger partial charge in [-0.2, -0.15) is 0 Å². The summed E-state index contributed by atoms with van der Waals surface area (Å²) >= 11 is 0. The zero-order valence-corrected chi connectivity index (χ0v) is 12.6. The first-order valence-electron chi connectivity index (χ1n) is 7.41. The number of unbranched alkanes of at least 4 members (excludes halogenated alkanes) is 1. The maximum Gasteiger partial charge on any atom is 0.229 e. The predicted octanol–water partition coefficient (Wildman–Crippen LogP) is 3.61. The van der Waals surface area contributed by atoms with Gasteiger partial charge in [0.05, 0.1) is 18.3 Å². The third kappa shape index (κ3) is 5.16. The Bertz CT molecular complexity index is 614. The average Bonchev–Trinajstić information content (AvgIpc) is 2.49. The lowest BCUT2D eigenvalue weighted by atomic mass is 10.1. The van der Waals surface area contributed by atoms with Crippen LogP contribution in [0.3, 0.4) is 0 Å². The highest BCUT2D eigenvalue weighted by Crippen LogP contribution is 2.11. The quantitative estimate of drug-likeness (QED) is 0.768. The molecule has 22 heavy (non-hydrogen) atoms. The maximum atomic E-state index is 13.1. The van der Waals surface area contributed by atoms with Crippen LogP contribution in [0.4, 0.5) is 15.9 Å². The van der Waals surface area contributed by atoms with Crippen LogP contribution in [0.2, 0.25) is 0 Å². The van der Waals surface area contributed by atoms with Gasteiger partial charge in [-0.1, -0.05) is 25.5 Å². The van der Waals surface area contributed by atoms with Crippen molar-refractivity contribution in [3.8, 4) is 0 Å². The topological polar surface area (TPSA) is 54.0 Å². The Labute approximate surface area is 129 Å². The highest BCUT2D eigenvalue weighted by atomic mass is 19.1. The highest BCUT2D eigenvalue weighted by Gasteiger charge is 2.05. The van der Waals surface area contributed by atoms with Crippen LogP contribution in [0, 0.1) is 5.82 Å². The van der Waals surface area contributed by atoms with Crippen molar-refractivity contribution in [2.24, 2.45) is 0 Å². The monoisotopic (exact) mass is 301 g/mol. The number of hydrogen-bond donors (Lipinski definition) is 2. The van der Waals surface area contributed by atoms with E-state index in [4.69, 9.17) is 0 Å². The molecule has 4 nitrogen and oxygen atoms in total. The summed E-state index contributed by atoms with van der Waals surface area (Å²) in [5, 5.41) is 5.96. The van der Waals surface area contributed by atoms with E-state index < -0.39 is 0 Å². The molecule has 116 valence electrons. The highest BCUT2D eigenvalue weighted by molar-refractivity contribution is 5.91. The van der Waals surface area contributed by atoms with Crippen molar-refractivity contribution in [3.63, 3.8) is 0 Å². The van der Waals surface area contributed by atoms with Gasteiger partial charge in [0.15, 0.2) is 0 Å². The molecule has 1 amide bonds. The first-order chi connectivity index (χ1) is 10.7. The van der Waals surface area contributed by atoms with E-state index >= 15 is 0 Å². The summed E-state index contributed by atoms with van der Waals surface area (Å²) in [7, 11) is 0. The van der Waals surface area contributed by atoms with E-state index in [0.29, 0.717) is 11.4 Å². The van der Waals surface area contributed by atoms with Crippen molar-refractivity contribution in [3.05, 3.63) is 54.0 Å². The number of carbonyl (C=O) groups is 1. The SMILES string of the molecule is CCCCNc1ccc(NC(=O)Cc2cccc(F)c2)nc1. The van der Waals surface area contributed by atoms with Crippen LogP contribution in [0.1, 0.15) is 25.3 Å². The minimum Gasteiger partial charge on any atom is -0.384 e. The number of hydrogen-bond acceptors (Lipinski definition) is 3. The molecule has 0 saturated carbocycles. The molecule has 5 heteroatoms. The van der Waals surface area contributed by atoms with Crippen LogP contribution in [-0.4, -0.2) is 17.4 Å². The standard InChI is InChI=1S/C17H20FN3O/c1-2-3-9-19-15-7-8-16(20-12-15)21-17(22)11-13-5-4-6-14(18)10-13/h4-8,10,12,19H,2-3,9,11H2,1H3,(H,20,21,22). The van der Waals surface area contributed by atoms with Gasteiger partial charge in [-0.05, 0) is 36.2 Å². The van der Waals surface area contributed by atoms with Crippen molar-refractivity contribution in [1.82, 2.24) is 4.98 Å². The van der Waals surface area contributed by atoms with E-state index in [0.717, 1.165) is 25.1 Å². The molecular weight excluding hydrogens is 281 g/mol. The van der Waals surface area contributed by atoms with Gasteiger partial charge < -0.3 is 10.6 Å². The van der Waals surface area contributed by atoms with Gasteiger partial charge in [-0.15, -0.1) is 0 Å². The first-order valence-corrected chi connectivity index (χ1v) is 7.41. The van der Waals surface area contributed by atoms with Gasteiger partial charge in [0.1, 0.15) is 11.6 Å². The number of anilines is 2. The fraction of sp³-hybridized carbons (Fsp3) is 0.294. The number of benzene rings is 1. The summed E-state index contributed by atoms with van der Waals surface area (Å²) in [6, 6.07) is 9.64. The van der Waals surface area contributed by atoms with Crippen LogP contribution >= 0.6 is 0 Å². The molecule has 0 atom stereocenters. The lowest BCUT2D eigenvalue weighted by Gasteiger charge is -2.07. The van der Waals surface area contributed by atoms with Gasteiger partial charge in [0.25, 0.3) is 0 Å². The molecule has 0 saturated heterocycles. The Balaban J connectivity index is 1.86. The second kappa shape index (κ2) is 8.12. The molecule has 0 bridgehead atoms. The number of halogens is 1. The fourth-order valence-corrected chi connectivity index (χ4v) is 2.00. The van der Waals surface area contributed by atoms with Crippen LogP contribution < -0.4 is 10.6 Å². The Kier molecular flexibility index (Phi) is 5.89. The van der Waals surface area contributed by atoms with Crippen LogP contribution in [0.15, 0.2) is 42.6 Å². The second-order valence-corrected chi connectivity index (χ2v) is 5.07. The van der Waals surface area contributed by atoms with E-state index in [1.54, 1.807) is 24.4 Å². The largest absolute Gasteiger partial charge is 0.384 e. The second-order valence-electron chi connectivity index (χ2n) is 5.07. The molecule has 0 aliphatic carbocycles. The van der Waals surface area contributed by atoms with E-state index in [9.17, 15) is 9.18 Å². The van der Waals surface area contributed by atoms with Crippen LogP contribution in [0.25, 0.3) is 0 Å². The van der Waals surface area contributed by atoms with Gasteiger partial charge in [-0.3, -0.25) is 4.79 Å². The average molecular weight is 301 g/mol. The molecular formula is C17H20FN3O. The summed E-state index contributed by atoms with van der Waals surface area (Å²) in [4.78, 5) is 16.1. The Morgan fingerprint density at radius 3 is 2.82 bits per heavy atom. The summed E-state index contributed by atoms with van der Waals surface area (Å²) in [5.41, 5.74) is 1.56. The van der Waals surface area contributed by atoms with Crippen molar-refractivity contribution in [2.75, 3.05) is 17.2 Å². The molecule has 1 aromatic heterocycles. The van der Waals surface area contributed by atoms with E-state index in [-0.39, 0.29) is 18.1 Å². The third-order valence-corrected chi connectivity index (χ3v) is 3.14. The molecule has 2 rings (SSSR count). The van der Waals surface area contributed by atoms with Crippen molar-refractivity contribution in [2.45, 2.75) is 26.2 Å². The minimum atomic E-state index is -0.342. The normalized spacial score (nSPS) is 10.3. The molecule has 0 aliphatic heterocycles. The van der Waals surface area contributed by atoms with E-state index in [1.807, 2.05) is 6.07 Å². The van der Waals surface area contributed by atoms with Gasteiger partial charge >= 0.3 is 0 Å². The number of rotatable bonds is 7. The smallest absolute Gasteiger partial charge is 0.229 e. The Morgan fingerprint density at radius 2 is 2.14 bits per heavy atom. The molecule has 0 aliphatic rings. The zero-order chi connectivity index (χ0) is 15.8. The molecule has 2 aromatic rings. The molecule has 0 radical (unpaired) electrons. The number of aromatic nitrogens is 1. The molecule has 0 unspecified atom stereocenters. The lowest BCUT2D eigenvalue weighted by Crippen LogP contribution is -2.15. The summed E-state index contributed by atoms with van der Waals surface area (Å²) in [6.45, 7) is 3.04. The van der Waals surface area contributed by atoms with Crippen molar-refractivity contribution in [1.29, 1.82) is 0 Å². The van der Waals surface area contributed by atoms with Crippen molar-refractivity contribution >= 4 is 17.4 Å². The molecule has 1 heterocycles. The molecule has 1 aromatic carbocycles. The predicted molar refractivity (Wildman–Crippen MR) is 86.4 cm³/mol. The van der Waals surface area contributed by atoms with Crippen LogP contribution in [-0.2, 0) is 11.2 Å².